The van der Waals surface area contributed by atoms with E-state index >= 15 is 0 Å². The Morgan fingerprint density at radius 3 is 2.42 bits per heavy atom. The van der Waals surface area contributed by atoms with Crippen LogP contribution < -0.4 is 24.5 Å². The Bertz CT molecular complexity index is 1760. The molecule has 0 aliphatic carbocycles. The highest BCUT2D eigenvalue weighted by molar-refractivity contribution is 7.07. The van der Waals surface area contributed by atoms with Crippen LogP contribution in [0.2, 0.25) is 0 Å². The molecule has 40 heavy (non-hydrogen) atoms. The molecule has 204 valence electrons. The molecule has 9 nitrogen and oxygen atoms in total. The van der Waals surface area contributed by atoms with Gasteiger partial charge in [-0.05, 0) is 67.4 Å². The molecule has 0 spiro atoms. The lowest BCUT2D eigenvalue weighted by atomic mass is 9.96. The van der Waals surface area contributed by atoms with Crippen LogP contribution in [0.5, 0.6) is 5.75 Å². The maximum absolute atomic E-state index is 13.8. The number of thiazole rings is 1. The predicted octanol–water partition coefficient (Wildman–Crippen LogP) is 3.68. The van der Waals surface area contributed by atoms with Crippen molar-refractivity contribution in [1.29, 1.82) is 0 Å². The fraction of sp³-hybridized carbons (Fsp3) is 0.200. The second kappa shape index (κ2) is 11.2. The minimum absolute atomic E-state index is 0.0794. The molecule has 2 aromatic heterocycles. The minimum Gasteiger partial charge on any atom is -0.463 e. The van der Waals surface area contributed by atoms with Crippen molar-refractivity contribution in [2.75, 3.05) is 25.6 Å². The lowest BCUT2D eigenvalue weighted by Gasteiger charge is -2.24. The third-order valence-corrected chi connectivity index (χ3v) is 7.34. The highest BCUT2D eigenvalue weighted by atomic mass is 32.1. The number of fused-ring (bicyclic) bond motifs is 1. The first kappa shape index (κ1) is 26.9. The van der Waals surface area contributed by atoms with Crippen LogP contribution in [0.3, 0.4) is 0 Å². The predicted molar refractivity (Wildman–Crippen MR) is 151 cm³/mol. The van der Waals surface area contributed by atoms with E-state index in [-0.39, 0.29) is 29.2 Å². The van der Waals surface area contributed by atoms with Gasteiger partial charge in [-0.3, -0.25) is 9.36 Å². The van der Waals surface area contributed by atoms with Gasteiger partial charge in [0.25, 0.3) is 5.56 Å². The van der Waals surface area contributed by atoms with Gasteiger partial charge in [-0.2, -0.15) is 0 Å². The van der Waals surface area contributed by atoms with Crippen molar-refractivity contribution in [2.24, 2.45) is 4.99 Å². The molecule has 0 amide bonds. The van der Waals surface area contributed by atoms with Gasteiger partial charge < -0.3 is 18.8 Å². The van der Waals surface area contributed by atoms with E-state index in [4.69, 9.17) is 13.9 Å². The van der Waals surface area contributed by atoms with Crippen LogP contribution in [-0.2, 0) is 9.53 Å². The quantitative estimate of drug-likeness (QED) is 0.252. The average Bonchev–Trinajstić information content (AvgIpc) is 3.58. The summed E-state index contributed by atoms with van der Waals surface area (Å²) in [7, 11) is 3.93. The van der Waals surface area contributed by atoms with Gasteiger partial charge >= 0.3 is 11.9 Å². The number of hydrogen-bond acceptors (Lipinski definition) is 9. The number of benzene rings is 2. The van der Waals surface area contributed by atoms with Crippen molar-refractivity contribution in [2.45, 2.75) is 19.9 Å². The zero-order valence-electron chi connectivity index (χ0n) is 22.4. The van der Waals surface area contributed by atoms with E-state index in [1.54, 1.807) is 44.2 Å². The first-order chi connectivity index (χ1) is 19.3. The molecule has 1 atom stereocenters. The number of anilines is 1. The number of hydrogen-bond donors (Lipinski definition) is 0. The first-order valence-corrected chi connectivity index (χ1v) is 13.4. The summed E-state index contributed by atoms with van der Waals surface area (Å²) in [4.78, 5) is 46.2. The van der Waals surface area contributed by atoms with Crippen molar-refractivity contribution in [3.05, 3.63) is 115 Å². The Morgan fingerprint density at radius 2 is 1.80 bits per heavy atom. The fourth-order valence-corrected chi connectivity index (χ4v) is 5.44. The van der Waals surface area contributed by atoms with E-state index < -0.39 is 18.0 Å². The van der Waals surface area contributed by atoms with Gasteiger partial charge in [0.05, 0.1) is 34.7 Å². The van der Waals surface area contributed by atoms with Gasteiger partial charge in [-0.15, -0.1) is 0 Å². The maximum atomic E-state index is 13.8. The number of rotatable bonds is 7. The summed E-state index contributed by atoms with van der Waals surface area (Å²) >= 11 is 1.26. The van der Waals surface area contributed by atoms with E-state index in [2.05, 4.69) is 4.99 Å². The third kappa shape index (κ3) is 5.26. The highest BCUT2D eigenvalue weighted by Gasteiger charge is 2.33. The zero-order valence-corrected chi connectivity index (χ0v) is 23.2. The summed E-state index contributed by atoms with van der Waals surface area (Å²) in [5.41, 5.74) is 3.03. The molecule has 1 aliphatic rings. The third-order valence-electron chi connectivity index (χ3n) is 6.35. The van der Waals surface area contributed by atoms with E-state index in [1.165, 1.54) is 28.2 Å². The molecule has 2 aromatic carbocycles. The zero-order chi connectivity index (χ0) is 28.4. The molecule has 1 unspecified atom stereocenters. The van der Waals surface area contributed by atoms with Crippen LogP contribution in [-0.4, -0.2) is 37.2 Å². The van der Waals surface area contributed by atoms with E-state index in [0.717, 1.165) is 11.3 Å². The van der Waals surface area contributed by atoms with Crippen LogP contribution in [0.1, 0.15) is 41.6 Å². The summed E-state index contributed by atoms with van der Waals surface area (Å²) in [5, 5.41) is 0. The summed E-state index contributed by atoms with van der Waals surface area (Å²) < 4.78 is 17.8. The van der Waals surface area contributed by atoms with Crippen molar-refractivity contribution < 1.29 is 23.5 Å². The molecule has 0 N–H and O–H groups in total. The van der Waals surface area contributed by atoms with Crippen molar-refractivity contribution in [3.8, 4) is 5.75 Å². The average molecular weight is 558 g/mol. The van der Waals surface area contributed by atoms with E-state index in [1.807, 2.05) is 49.3 Å². The molecule has 0 radical (unpaired) electrons. The van der Waals surface area contributed by atoms with Crippen LogP contribution in [0.25, 0.3) is 6.08 Å². The van der Waals surface area contributed by atoms with Crippen molar-refractivity contribution in [3.63, 3.8) is 0 Å². The number of aromatic nitrogens is 1. The summed E-state index contributed by atoms with van der Waals surface area (Å²) in [5.74, 6) is -0.809. The highest BCUT2D eigenvalue weighted by Crippen LogP contribution is 2.31. The second-order valence-corrected chi connectivity index (χ2v) is 10.2. The SMILES string of the molecule is CCOC(=O)C1=C(C)N=c2sc(=Cc3ccc(N(C)C)cc3)c(=O)n2C1c1ccc(OC(=O)c2ccco2)cc1. The summed E-state index contributed by atoms with van der Waals surface area (Å²) in [6, 6.07) is 16.8. The molecule has 0 fully saturated rings. The Kier molecular flexibility index (Phi) is 7.52. The van der Waals surface area contributed by atoms with Crippen LogP contribution in [0, 0.1) is 0 Å². The number of allylic oxidation sites excluding steroid dienone is 1. The lowest BCUT2D eigenvalue weighted by molar-refractivity contribution is -0.139. The molecule has 0 bridgehead atoms. The number of furan rings is 1. The van der Waals surface area contributed by atoms with E-state index in [9.17, 15) is 14.4 Å². The number of ether oxygens (including phenoxy) is 2. The lowest BCUT2D eigenvalue weighted by Crippen LogP contribution is -2.39. The molecule has 10 heteroatoms. The smallest absolute Gasteiger partial charge is 0.379 e. The fourth-order valence-electron chi connectivity index (χ4n) is 4.40. The molecule has 5 rings (SSSR count). The summed E-state index contributed by atoms with van der Waals surface area (Å²) in [6.45, 7) is 3.63. The molecular formula is C30H27N3O6S. The number of carbonyl (C=O) groups is 2. The minimum atomic E-state index is -0.775. The van der Waals surface area contributed by atoms with Gasteiger partial charge in [-0.1, -0.05) is 35.6 Å². The topological polar surface area (TPSA) is 103 Å². The van der Waals surface area contributed by atoms with Crippen LogP contribution in [0.4, 0.5) is 5.69 Å². The van der Waals surface area contributed by atoms with Gasteiger partial charge in [0, 0.05) is 19.8 Å². The largest absolute Gasteiger partial charge is 0.463 e. The molecule has 0 saturated heterocycles. The first-order valence-electron chi connectivity index (χ1n) is 12.6. The Balaban J connectivity index is 1.57. The standard InChI is InChI=1S/C30H27N3O6S/c1-5-37-29(36)25-18(2)31-30-33(27(34)24(40-30)17-19-8-12-21(13-9-19)32(3)4)26(25)20-10-14-22(15-11-20)39-28(35)23-7-6-16-38-23/h6-17,26H,5H2,1-4H3. The van der Waals surface area contributed by atoms with Gasteiger partial charge in [0.2, 0.25) is 5.76 Å². The Hall–Kier alpha value is -4.70. The number of esters is 2. The van der Waals surface area contributed by atoms with Crippen molar-refractivity contribution >= 4 is 35.0 Å². The van der Waals surface area contributed by atoms with Crippen LogP contribution >= 0.6 is 11.3 Å². The molecule has 4 aromatic rings. The second-order valence-electron chi connectivity index (χ2n) is 9.22. The Labute approximate surface area is 233 Å². The number of carbonyl (C=O) groups excluding carboxylic acids is 2. The molecule has 3 heterocycles. The van der Waals surface area contributed by atoms with Gasteiger partial charge in [0.15, 0.2) is 4.80 Å². The number of nitrogens with zero attached hydrogens (tertiary/aromatic N) is 3. The maximum Gasteiger partial charge on any atom is 0.379 e. The van der Waals surface area contributed by atoms with Gasteiger partial charge in [-0.25, -0.2) is 14.6 Å². The normalized spacial score (nSPS) is 14.9. The van der Waals surface area contributed by atoms with Gasteiger partial charge in [0.1, 0.15) is 5.75 Å². The Morgan fingerprint density at radius 1 is 1.07 bits per heavy atom. The molecular weight excluding hydrogens is 530 g/mol. The summed E-state index contributed by atoms with van der Waals surface area (Å²) in [6.07, 6.45) is 3.21. The van der Waals surface area contributed by atoms with Crippen LogP contribution in [0.15, 0.2) is 92.4 Å². The monoisotopic (exact) mass is 557 g/mol. The van der Waals surface area contributed by atoms with Crippen molar-refractivity contribution in [1.82, 2.24) is 4.57 Å². The molecule has 0 saturated carbocycles. The molecule has 1 aliphatic heterocycles. The van der Waals surface area contributed by atoms with E-state index in [0.29, 0.717) is 20.6 Å².